The molecule has 2 heterocycles. The van der Waals surface area contributed by atoms with E-state index in [2.05, 4.69) is 15.5 Å². The van der Waals surface area contributed by atoms with E-state index in [-0.39, 0.29) is 17.2 Å². The zero-order chi connectivity index (χ0) is 19.7. The molecule has 140 valence electrons. The van der Waals surface area contributed by atoms with Crippen LogP contribution in [-0.2, 0) is 13.6 Å². The Bertz CT molecular complexity index is 1020. The Morgan fingerprint density at radius 1 is 1.30 bits per heavy atom. The first-order valence-electron chi connectivity index (χ1n) is 8.04. The van der Waals surface area contributed by atoms with Crippen molar-refractivity contribution in [2.45, 2.75) is 20.4 Å². The second-order valence-electron chi connectivity index (χ2n) is 6.04. The molecule has 0 unspecified atom stereocenters. The molecule has 0 spiro atoms. The van der Waals surface area contributed by atoms with Crippen molar-refractivity contribution in [3.05, 3.63) is 69.0 Å². The fourth-order valence-corrected chi connectivity index (χ4v) is 2.79. The molecule has 0 radical (unpaired) electrons. The standard InChI is InChI=1S/C17H17FN6O3/c1-10-15(20-17(25)16-14(24(26)27)8-19-22(16)3)11(2)23(21-10)9-12-4-6-13(18)7-5-12/h4-8H,9H2,1-3H3,(H,20,25). The third-order valence-electron chi connectivity index (χ3n) is 4.20. The molecule has 0 aliphatic heterocycles. The molecule has 9 nitrogen and oxygen atoms in total. The smallest absolute Gasteiger partial charge is 0.317 e. The van der Waals surface area contributed by atoms with Gasteiger partial charge in [-0.25, -0.2) is 4.39 Å². The van der Waals surface area contributed by atoms with E-state index in [0.717, 1.165) is 16.4 Å². The van der Waals surface area contributed by atoms with Gasteiger partial charge in [0.15, 0.2) is 0 Å². The number of rotatable bonds is 5. The minimum atomic E-state index is -0.653. The summed E-state index contributed by atoms with van der Waals surface area (Å²) in [5.41, 5.74) is 2.04. The highest BCUT2D eigenvalue weighted by molar-refractivity contribution is 6.06. The fourth-order valence-electron chi connectivity index (χ4n) is 2.79. The van der Waals surface area contributed by atoms with E-state index in [9.17, 15) is 19.3 Å². The summed E-state index contributed by atoms with van der Waals surface area (Å²) in [5.74, 6) is -0.966. The van der Waals surface area contributed by atoms with Crippen molar-refractivity contribution >= 4 is 17.3 Å². The Morgan fingerprint density at radius 2 is 1.96 bits per heavy atom. The number of aromatic nitrogens is 4. The number of halogens is 1. The van der Waals surface area contributed by atoms with Crippen LogP contribution >= 0.6 is 0 Å². The molecule has 27 heavy (non-hydrogen) atoms. The van der Waals surface area contributed by atoms with Gasteiger partial charge in [-0.15, -0.1) is 0 Å². The number of nitro groups is 1. The van der Waals surface area contributed by atoms with Crippen LogP contribution in [0.3, 0.4) is 0 Å². The molecule has 2 aromatic heterocycles. The molecular weight excluding hydrogens is 355 g/mol. The van der Waals surface area contributed by atoms with Crippen LogP contribution in [0.15, 0.2) is 30.5 Å². The first kappa shape index (κ1) is 18.2. The van der Waals surface area contributed by atoms with Crippen molar-refractivity contribution in [2.24, 2.45) is 7.05 Å². The van der Waals surface area contributed by atoms with Gasteiger partial charge in [0, 0.05) is 7.05 Å². The van der Waals surface area contributed by atoms with Gasteiger partial charge in [-0.2, -0.15) is 10.2 Å². The number of hydrogen-bond acceptors (Lipinski definition) is 5. The summed E-state index contributed by atoms with van der Waals surface area (Å²) in [6.45, 7) is 3.90. The van der Waals surface area contributed by atoms with Crippen molar-refractivity contribution in [3.63, 3.8) is 0 Å². The van der Waals surface area contributed by atoms with Crippen molar-refractivity contribution in [1.29, 1.82) is 0 Å². The second-order valence-corrected chi connectivity index (χ2v) is 6.04. The normalized spacial score (nSPS) is 10.8. The summed E-state index contributed by atoms with van der Waals surface area (Å²) in [5, 5.41) is 21.9. The summed E-state index contributed by atoms with van der Waals surface area (Å²) >= 11 is 0. The summed E-state index contributed by atoms with van der Waals surface area (Å²) in [6.07, 6.45) is 1.03. The lowest BCUT2D eigenvalue weighted by Gasteiger charge is -2.07. The summed E-state index contributed by atoms with van der Waals surface area (Å²) in [7, 11) is 1.46. The third-order valence-corrected chi connectivity index (χ3v) is 4.20. The van der Waals surface area contributed by atoms with Crippen molar-refractivity contribution in [2.75, 3.05) is 5.32 Å². The molecule has 0 saturated carbocycles. The predicted molar refractivity (Wildman–Crippen MR) is 95.0 cm³/mol. The van der Waals surface area contributed by atoms with Gasteiger partial charge in [-0.05, 0) is 31.5 Å². The number of carbonyl (C=O) groups is 1. The zero-order valence-corrected chi connectivity index (χ0v) is 14.9. The van der Waals surface area contributed by atoms with Crippen LogP contribution in [0.4, 0.5) is 15.8 Å². The van der Waals surface area contributed by atoms with E-state index in [1.165, 1.54) is 19.2 Å². The molecule has 1 N–H and O–H groups in total. The van der Waals surface area contributed by atoms with Gasteiger partial charge < -0.3 is 5.32 Å². The first-order valence-corrected chi connectivity index (χ1v) is 8.04. The lowest BCUT2D eigenvalue weighted by molar-refractivity contribution is -0.385. The molecule has 1 aromatic carbocycles. The van der Waals surface area contributed by atoms with Gasteiger partial charge in [0.05, 0.1) is 28.5 Å². The number of nitrogens with one attached hydrogen (secondary N) is 1. The van der Waals surface area contributed by atoms with Crippen LogP contribution < -0.4 is 5.32 Å². The molecule has 3 aromatic rings. The van der Waals surface area contributed by atoms with E-state index in [4.69, 9.17) is 0 Å². The molecular formula is C17H17FN6O3. The maximum absolute atomic E-state index is 13.0. The number of benzene rings is 1. The van der Waals surface area contributed by atoms with Gasteiger partial charge in [0.25, 0.3) is 5.91 Å². The van der Waals surface area contributed by atoms with Gasteiger partial charge in [0.1, 0.15) is 12.0 Å². The third kappa shape index (κ3) is 3.54. The summed E-state index contributed by atoms with van der Waals surface area (Å²) in [4.78, 5) is 23.0. The van der Waals surface area contributed by atoms with Crippen molar-refractivity contribution in [3.8, 4) is 0 Å². The van der Waals surface area contributed by atoms with E-state index < -0.39 is 10.8 Å². The molecule has 3 rings (SSSR count). The summed E-state index contributed by atoms with van der Waals surface area (Å²) in [6, 6.07) is 6.04. The summed E-state index contributed by atoms with van der Waals surface area (Å²) < 4.78 is 15.9. The van der Waals surface area contributed by atoms with Crippen LogP contribution in [-0.4, -0.2) is 30.4 Å². The first-order chi connectivity index (χ1) is 12.8. The average Bonchev–Trinajstić information content (AvgIpc) is 3.12. The van der Waals surface area contributed by atoms with Crippen LogP contribution in [0, 0.1) is 29.8 Å². The Labute approximate surface area is 153 Å². The topological polar surface area (TPSA) is 108 Å². The van der Waals surface area contributed by atoms with Crippen molar-refractivity contribution in [1.82, 2.24) is 19.6 Å². The lowest BCUT2D eigenvalue weighted by Crippen LogP contribution is -2.18. The minimum absolute atomic E-state index is 0.148. The van der Waals surface area contributed by atoms with Gasteiger partial charge in [0.2, 0.25) is 5.69 Å². The molecule has 10 heteroatoms. The molecule has 0 aliphatic rings. The van der Waals surface area contributed by atoms with Gasteiger partial charge in [-0.3, -0.25) is 24.3 Å². The van der Waals surface area contributed by atoms with Gasteiger partial charge in [-0.1, -0.05) is 12.1 Å². The number of anilines is 1. The largest absolute Gasteiger partial charge is 0.320 e. The van der Waals surface area contributed by atoms with Gasteiger partial charge >= 0.3 is 5.69 Å². The molecule has 0 aliphatic carbocycles. The Hall–Kier alpha value is -3.56. The number of nitrogens with zero attached hydrogens (tertiary/aromatic N) is 5. The average molecular weight is 372 g/mol. The van der Waals surface area contributed by atoms with Crippen LogP contribution in [0.5, 0.6) is 0 Å². The molecule has 0 bridgehead atoms. The lowest BCUT2D eigenvalue weighted by atomic mass is 10.2. The van der Waals surface area contributed by atoms with E-state index >= 15 is 0 Å². The number of hydrogen-bond donors (Lipinski definition) is 1. The zero-order valence-electron chi connectivity index (χ0n) is 14.9. The minimum Gasteiger partial charge on any atom is -0.317 e. The highest BCUT2D eigenvalue weighted by Gasteiger charge is 2.27. The quantitative estimate of drug-likeness (QED) is 0.547. The van der Waals surface area contributed by atoms with E-state index in [1.807, 2.05) is 0 Å². The fraction of sp³-hybridized carbons (Fsp3) is 0.235. The number of aryl methyl sites for hydroxylation is 2. The van der Waals surface area contributed by atoms with E-state index in [0.29, 0.717) is 23.6 Å². The monoisotopic (exact) mass is 372 g/mol. The number of carbonyl (C=O) groups excluding carboxylic acids is 1. The Morgan fingerprint density at radius 3 is 2.59 bits per heavy atom. The maximum atomic E-state index is 13.0. The van der Waals surface area contributed by atoms with Crippen molar-refractivity contribution < 1.29 is 14.1 Å². The van der Waals surface area contributed by atoms with Crippen LogP contribution in [0.2, 0.25) is 0 Å². The molecule has 0 saturated heterocycles. The van der Waals surface area contributed by atoms with E-state index in [1.54, 1.807) is 30.7 Å². The SMILES string of the molecule is Cc1nn(Cc2ccc(F)cc2)c(C)c1NC(=O)c1c([N+](=O)[O-])cnn1C. The highest BCUT2D eigenvalue weighted by atomic mass is 19.1. The Balaban J connectivity index is 1.87. The second kappa shape index (κ2) is 6.98. The van der Waals surface area contributed by atoms with Crippen LogP contribution in [0.25, 0.3) is 0 Å². The predicted octanol–water partition coefficient (Wildman–Crippen LogP) is 2.58. The molecule has 0 fully saturated rings. The number of amides is 1. The van der Waals surface area contributed by atoms with Crippen LogP contribution in [0.1, 0.15) is 27.4 Å². The Kier molecular flexibility index (Phi) is 4.72. The highest BCUT2D eigenvalue weighted by Crippen LogP contribution is 2.23. The molecule has 0 atom stereocenters. The maximum Gasteiger partial charge on any atom is 0.320 e. The molecule has 1 amide bonds.